The number of hydrogen-bond acceptors (Lipinski definition) is 6. The van der Waals surface area contributed by atoms with E-state index in [4.69, 9.17) is 4.74 Å². The molecule has 2 atom stereocenters. The number of hydrogen-bond donors (Lipinski definition) is 4. The van der Waals surface area contributed by atoms with Crippen molar-refractivity contribution in [3.05, 3.63) is 29.3 Å². The highest BCUT2D eigenvalue weighted by Crippen LogP contribution is 2.39. The summed E-state index contributed by atoms with van der Waals surface area (Å²) in [5.74, 6) is -1.16. The minimum Gasteiger partial charge on any atom is -0.507 e. The maximum absolute atomic E-state index is 13.6. The first kappa shape index (κ1) is 26.4. The molecule has 0 radical (unpaired) electrons. The highest BCUT2D eigenvalue weighted by molar-refractivity contribution is 5.93. The fraction of sp³-hybridized carbons (Fsp3) is 0.625. The average Bonchev–Trinajstić information content (AvgIpc) is 3.48. The lowest BCUT2D eigenvalue weighted by Crippen LogP contribution is -2.56. The molecule has 0 aliphatic heterocycles. The van der Waals surface area contributed by atoms with Crippen molar-refractivity contribution in [1.82, 2.24) is 15.5 Å². The van der Waals surface area contributed by atoms with Crippen LogP contribution in [-0.4, -0.2) is 62.9 Å². The summed E-state index contributed by atoms with van der Waals surface area (Å²) in [6, 6.07) is 2.31. The summed E-state index contributed by atoms with van der Waals surface area (Å²) < 4.78 is 5.22. The van der Waals surface area contributed by atoms with E-state index in [1.165, 1.54) is 4.90 Å². The normalized spacial score (nSPS) is 15.9. The first-order valence-electron chi connectivity index (χ1n) is 11.2. The van der Waals surface area contributed by atoms with E-state index in [0.29, 0.717) is 18.4 Å². The molecule has 1 saturated carbocycles. The molecule has 3 amide bonds. The Morgan fingerprint density at radius 3 is 2.24 bits per heavy atom. The van der Waals surface area contributed by atoms with Crippen LogP contribution in [0.15, 0.2) is 18.2 Å². The molecule has 9 nitrogen and oxygen atoms in total. The third-order valence-corrected chi connectivity index (χ3v) is 4.95. The molecule has 4 N–H and O–H groups in total. The van der Waals surface area contributed by atoms with E-state index in [2.05, 4.69) is 10.6 Å². The molecule has 0 spiro atoms. The lowest BCUT2D eigenvalue weighted by molar-refractivity contribution is -0.144. The van der Waals surface area contributed by atoms with Crippen LogP contribution in [0, 0.1) is 6.92 Å². The van der Waals surface area contributed by atoms with Crippen molar-refractivity contribution in [3.63, 3.8) is 0 Å². The molecule has 1 aliphatic carbocycles. The molecule has 184 valence electrons. The summed E-state index contributed by atoms with van der Waals surface area (Å²) >= 11 is 0. The molecule has 1 aromatic carbocycles. The maximum Gasteiger partial charge on any atom is 0.408 e. The van der Waals surface area contributed by atoms with Crippen molar-refractivity contribution >= 4 is 17.9 Å². The fourth-order valence-electron chi connectivity index (χ4n) is 3.44. The molecule has 1 aliphatic rings. The number of aliphatic hydroxyl groups is 1. The summed E-state index contributed by atoms with van der Waals surface area (Å²) in [6.07, 6.45) is 0.490. The van der Waals surface area contributed by atoms with E-state index >= 15 is 0 Å². The Balaban J connectivity index is 2.46. The van der Waals surface area contributed by atoms with Crippen LogP contribution in [-0.2, 0) is 14.3 Å². The van der Waals surface area contributed by atoms with Crippen LogP contribution in [0.4, 0.5) is 4.79 Å². The van der Waals surface area contributed by atoms with E-state index in [0.717, 1.165) is 0 Å². The monoisotopic (exact) mass is 463 g/mol. The second-order valence-electron chi connectivity index (χ2n) is 10.5. The molecular formula is C24H37N3O6. The van der Waals surface area contributed by atoms with Gasteiger partial charge < -0.3 is 30.5 Å². The number of amides is 3. The quantitative estimate of drug-likeness (QED) is 0.492. The topological polar surface area (TPSA) is 128 Å². The van der Waals surface area contributed by atoms with Gasteiger partial charge >= 0.3 is 6.09 Å². The zero-order chi connectivity index (χ0) is 25.1. The number of benzene rings is 1. The third-order valence-electron chi connectivity index (χ3n) is 4.95. The van der Waals surface area contributed by atoms with E-state index < -0.39 is 47.7 Å². The van der Waals surface area contributed by atoms with Gasteiger partial charge in [-0.15, -0.1) is 0 Å². The molecule has 9 heteroatoms. The number of carbonyl (C=O) groups is 3. The first-order valence-corrected chi connectivity index (χ1v) is 11.2. The number of carbonyl (C=O) groups excluding carboxylic acids is 3. The molecule has 2 rings (SSSR count). The lowest BCUT2D eigenvalue weighted by Gasteiger charge is -2.36. The SMILES string of the molecule is Cc1cccc(C(C(=O)NC(C)(C)C)N(C(=O)C(CO)NC(=O)OC(C)(C)C)C2CC2)c1O. The minimum atomic E-state index is -1.31. The van der Waals surface area contributed by atoms with Crippen molar-refractivity contribution in [3.8, 4) is 5.75 Å². The summed E-state index contributed by atoms with van der Waals surface area (Å²) in [5.41, 5.74) is -0.523. The summed E-state index contributed by atoms with van der Waals surface area (Å²) in [4.78, 5) is 40.6. The van der Waals surface area contributed by atoms with Crippen LogP contribution >= 0.6 is 0 Å². The predicted octanol–water partition coefficient (Wildman–Crippen LogP) is 2.53. The molecule has 0 aromatic heterocycles. The average molecular weight is 464 g/mol. The molecule has 0 heterocycles. The molecule has 2 unspecified atom stereocenters. The van der Waals surface area contributed by atoms with Gasteiger partial charge in [-0.3, -0.25) is 9.59 Å². The Kier molecular flexibility index (Phi) is 8.00. The smallest absolute Gasteiger partial charge is 0.408 e. The Hall–Kier alpha value is -2.81. The van der Waals surface area contributed by atoms with Crippen LogP contribution in [0.5, 0.6) is 5.75 Å². The summed E-state index contributed by atoms with van der Waals surface area (Å²) in [7, 11) is 0. The zero-order valence-electron chi connectivity index (χ0n) is 20.6. The van der Waals surface area contributed by atoms with Crippen molar-refractivity contribution in [2.75, 3.05) is 6.61 Å². The minimum absolute atomic E-state index is 0.0781. The molecule has 1 fully saturated rings. The van der Waals surface area contributed by atoms with Gasteiger partial charge in [-0.25, -0.2) is 4.79 Å². The highest BCUT2D eigenvalue weighted by Gasteiger charge is 2.45. The predicted molar refractivity (Wildman–Crippen MR) is 124 cm³/mol. The van der Waals surface area contributed by atoms with E-state index in [1.807, 2.05) is 20.8 Å². The molecular weight excluding hydrogens is 426 g/mol. The van der Waals surface area contributed by atoms with Gasteiger partial charge in [0.25, 0.3) is 0 Å². The van der Waals surface area contributed by atoms with E-state index in [-0.39, 0.29) is 17.4 Å². The Labute approximate surface area is 195 Å². The molecule has 33 heavy (non-hydrogen) atoms. The molecule has 1 aromatic rings. The molecule has 0 saturated heterocycles. The van der Waals surface area contributed by atoms with E-state index in [1.54, 1.807) is 45.9 Å². The summed E-state index contributed by atoms with van der Waals surface area (Å²) in [5, 5.41) is 26.0. The van der Waals surface area contributed by atoms with Crippen LogP contribution < -0.4 is 10.6 Å². The van der Waals surface area contributed by atoms with Crippen LogP contribution in [0.3, 0.4) is 0 Å². The van der Waals surface area contributed by atoms with Crippen molar-refractivity contribution in [2.45, 2.75) is 90.6 Å². The van der Waals surface area contributed by atoms with Gasteiger partial charge in [0.05, 0.1) is 6.61 Å². The number of aliphatic hydroxyl groups excluding tert-OH is 1. The number of ether oxygens (including phenoxy) is 1. The van der Waals surface area contributed by atoms with Crippen molar-refractivity contribution in [1.29, 1.82) is 0 Å². The highest BCUT2D eigenvalue weighted by atomic mass is 16.6. The van der Waals surface area contributed by atoms with Gasteiger partial charge in [0.15, 0.2) is 0 Å². The first-order chi connectivity index (χ1) is 15.1. The van der Waals surface area contributed by atoms with Crippen molar-refractivity contribution < 1.29 is 29.3 Å². The summed E-state index contributed by atoms with van der Waals surface area (Å²) in [6.45, 7) is 11.6. The van der Waals surface area contributed by atoms with Gasteiger partial charge in [0, 0.05) is 17.1 Å². The number of phenolic OH excluding ortho intramolecular Hbond substituents is 1. The van der Waals surface area contributed by atoms with Gasteiger partial charge in [0.2, 0.25) is 11.8 Å². The number of aromatic hydroxyl groups is 1. The van der Waals surface area contributed by atoms with Gasteiger partial charge in [-0.1, -0.05) is 18.2 Å². The Morgan fingerprint density at radius 1 is 1.15 bits per heavy atom. The van der Waals surface area contributed by atoms with Crippen LogP contribution in [0.25, 0.3) is 0 Å². The lowest BCUT2D eigenvalue weighted by atomic mass is 9.97. The number of nitrogens with one attached hydrogen (secondary N) is 2. The maximum atomic E-state index is 13.6. The number of aryl methyl sites for hydroxylation is 1. The van der Waals surface area contributed by atoms with Crippen LogP contribution in [0.1, 0.15) is 71.6 Å². The van der Waals surface area contributed by atoms with E-state index in [9.17, 15) is 24.6 Å². The largest absolute Gasteiger partial charge is 0.507 e. The second-order valence-corrected chi connectivity index (χ2v) is 10.5. The standard InChI is InChI=1S/C24H37N3O6/c1-14-9-8-10-16(19(14)29)18(20(30)26-23(2,3)4)27(15-11-12-15)21(31)17(13-28)25-22(32)33-24(5,6)7/h8-10,15,17-18,28-29H,11-13H2,1-7H3,(H,25,32)(H,26,30). The number of phenols is 1. The fourth-order valence-corrected chi connectivity index (χ4v) is 3.44. The number of nitrogens with zero attached hydrogens (tertiary/aromatic N) is 1. The van der Waals surface area contributed by atoms with Crippen LogP contribution in [0.2, 0.25) is 0 Å². The number of rotatable bonds is 7. The molecule has 0 bridgehead atoms. The second kappa shape index (κ2) is 9.99. The van der Waals surface area contributed by atoms with Gasteiger partial charge in [-0.05, 0) is 66.9 Å². The zero-order valence-corrected chi connectivity index (χ0v) is 20.6. The Morgan fingerprint density at radius 2 is 1.76 bits per heavy atom. The number of alkyl carbamates (subject to hydrolysis) is 1. The third kappa shape index (κ3) is 7.35. The van der Waals surface area contributed by atoms with Gasteiger partial charge in [-0.2, -0.15) is 0 Å². The van der Waals surface area contributed by atoms with Crippen molar-refractivity contribution in [2.24, 2.45) is 0 Å². The van der Waals surface area contributed by atoms with Gasteiger partial charge in [0.1, 0.15) is 23.4 Å². The Bertz CT molecular complexity index is 883. The number of para-hydroxylation sites is 1.